The third-order valence-corrected chi connectivity index (χ3v) is 6.60. The Morgan fingerprint density at radius 2 is 2.00 bits per heavy atom. The number of rotatable bonds is 6. The van der Waals surface area contributed by atoms with Gasteiger partial charge >= 0.3 is 0 Å². The van der Waals surface area contributed by atoms with Crippen LogP contribution in [0.25, 0.3) is 20.8 Å². The van der Waals surface area contributed by atoms with Crippen molar-refractivity contribution in [1.82, 2.24) is 19.9 Å². The summed E-state index contributed by atoms with van der Waals surface area (Å²) in [7, 11) is 1.81. The van der Waals surface area contributed by atoms with E-state index in [4.69, 9.17) is 4.98 Å². The van der Waals surface area contributed by atoms with E-state index in [1.165, 1.54) is 12.8 Å². The number of fused-ring (bicyclic) bond motifs is 1. The number of aromatic nitrogens is 4. The fraction of sp³-hybridized carbons (Fsp3) is 0.500. The zero-order valence-electron chi connectivity index (χ0n) is 16.3. The van der Waals surface area contributed by atoms with Crippen molar-refractivity contribution in [2.75, 3.05) is 24.2 Å². The number of anilines is 2. The second-order valence-electron chi connectivity index (χ2n) is 7.95. The van der Waals surface area contributed by atoms with Gasteiger partial charge in [-0.3, -0.25) is 4.98 Å². The molecule has 0 radical (unpaired) electrons. The fourth-order valence-corrected chi connectivity index (χ4v) is 4.96. The average molecular weight is 417 g/mol. The molecule has 0 spiro atoms. The lowest BCUT2D eigenvalue weighted by Gasteiger charge is -2.34. The summed E-state index contributed by atoms with van der Waals surface area (Å²) in [6.07, 6.45) is 4.07. The SMILES string of the molecule is CNc1nc(NCC2CC(F)(F)C2)nc(C)c1-c1nc2c(C3CC3)nccc2s1. The molecule has 6 nitrogen and oxygen atoms in total. The fourth-order valence-electron chi connectivity index (χ4n) is 3.89. The normalized spacial score (nSPS) is 18.6. The maximum absolute atomic E-state index is 13.0. The molecule has 0 unspecified atom stereocenters. The predicted molar refractivity (Wildman–Crippen MR) is 111 cm³/mol. The number of nitrogens with zero attached hydrogens (tertiary/aromatic N) is 4. The first-order valence-electron chi connectivity index (χ1n) is 9.87. The van der Waals surface area contributed by atoms with Gasteiger partial charge in [0, 0.05) is 38.5 Å². The number of halogens is 2. The van der Waals surface area contributed by atoms with E-state index in [0.717, 1.165) is 32.2 Å². The highest BCUT2D eigenvalue weighted by Gasteiger charge is 2.44. The van der Waals surface area contributed by atoms with E-state index in [1.807, 2.05) is 26.2 Å². The van der Waals surface area contributed by atoms with Gasteiger partial charge in [0.2, 0.25) is 11.9 Å². The first kappa shape index (κ1) is 18.6. The van der Waals surface area contributed by atoms with E-state index >= 15 is 0 Å². The lowest BCUT2D eigenvalue weighted by atomic mass is 9.81. The predicted octanol–water partition coefficient (Wildman–Crippen LogP) is 4.83. The molecule has 3 aromatic rings. The van der Waals surface area contributed by atoms with Crippen LogP contribution in [0.1, 0.15) is 43.0 Å². The lowest BCUT2D eigenvalue weighted by molar-refractivity contribution is -0.106. The van der Waals surface area contributed by atoms with Crippen molar-refractivity contribution in [3.05, 3.63) is 23.7 Å². The summed E-state index contributed by atoms with van der Waals surface area (Å²) in [4.78, 5) is 18.6. The average Bonchev–Trinajstić information content (AvgIpc) is 3.42. The minimum Gasteiger partial charge on any atom is -0.372 e. The molecule has 0 amide bonds. The minimum atomic E-state index is -2.51. The summed E-state index contributed by atoms with van der Waals surface area (Å²) >= 11 is 1.62. The van der Waals surface area contributed by atoms with E-state index in [9.17, 15) is 8.78 Å². The summed E-state index contributed by atoms with van der Waals surface area (Å²) in [5.74, 6) is -0.889. The summed E-state index contributed by atoms with van der Waals surface area (Å²) in [5.41, 5.74) is 3.73. The number of pyridine rings is 1. The largest absolute Gasteiger partial charge is 0.372 e. The van der Waals surface area contributed by atoms with Crippen molar-refractivity contribution < 1.29 is 8.78 Å². The Kier molecular flexibility index (Phi) is 4.38. The molecular formula is C20H22F2N6S. The van der Waals surface area contributed by atoms with Crippen LogP contribution >= 0.6 is 11.3 Å². The Labute approximate surface area is 171 Å². The van der Waals surface area contributed by atoms with Gasteiger partial charge in [-0.25, -0.2) is 18.7 Å². The molecule has 0 bridgehead atoms. The standard InChI is InChI=1S/C20H22F2N6S/c1-10-14(18-27-16-13(29-18)5-6-24-15(16)12-3-4-12)17(23-2)28-19(26-10)25-9-11-7-20(21,22)8-11/h5-6,11-12H,3-4,7-9H2,1-2H3,(H2,23,25,26,28). The molecule has 3 aromatic heterocycles. The number of aryl methyl sites for hydroxylation is 1. The van der Waals surface area contributed by atoms with Crippen molar-refractivity contribution in [3.8, 4) is 10.6 Å². The van der Waals surface area contributed by atoms with E-state index < -0.39 is 5.92 Å². The molecule has 2 N–H and O–H groups in total. The number of hydrogen-bond acceptors (Lipinski definition) is 7. The van der Waals surface area contributed by atoms with Gasteiger partial charge in [-0.05, 0) is 31.7 Å². The van der Waals surface area contributed by atoms with Crippen molar-refractivity contribution in [2.24, 2.45) is 5.92 Å². The smallest absolute Gasteiger partial charge is 0.248 e. The zero-order valence-corrected chi connectivity index (χ0v) is 17.1. The first-order valence-corrected chi connectivity index (χ1v) is 10.7. The van der Waals surface area contributed by atoms with Gasteiger partial charge in [0.05, 0.1) is 21.7 Å². The van der Waals surface area contributed by atoms with Crippen LogP contribution in [0.3, 0.4) is 0 Å². The second-order valence-corrected chi connectivity index (χ2v) is 8.98. The highest BCUT2D eigenvalue weighted by molar-refractivity contribution is 7.21. The van der Waals surface area contributed by atoms with Gasteiger partial charge in [-0.1, -0.05) is 0 Å². The summed E-state index contributed by atoms with van der Waals surface area (Å²) in [6, 6.07) is 2.00. The van der Waals surface area contributed by atoms with Crippen LogP contribution < -0.4 is 10.6 Å². The van der Waals surface area contributed by atoms with Gasteiger partial charge in [-0.15, -0.1) is 11.3 Å². The Hall–Kier alpha value is -2.42. The van der Waals surface area contributed by atoms with Crippen LogP contribution in [0, 0.1) is 12.8 Å². The third-order valence-electron chi connectivity index (χ3n) is 5.56. The van der Waals surface area contributed by atoms with Crippen molar-refractivity contribution in [2.45, 2.75) is 44.4 Å². The van der Waals surface area contributed by atoms with Crippen LogP contribution in [0.5, 0.6) is 0 Å². The Morgan fingerprint density at radius 1 is 1.21 bits per heavy atom. The summed E-state index contributed by atoms with van der Waals surface area (Å²) in [6.45, 7) is 2.38. The van der Waals surface area contributed by atoms with E-state index in [-0.39, 0.29) is 18.8 Å². The van der Waals surface area contributed by atoms with Crippen LogP contribution in [-0.4, -0.2) is 39.5 Å². The maximum Gasteiger partial charge on any atom is 0.248 e. The molecular weight excluding hydrogens is 394 g/mol. The van der Waals surface area contributed by atoms with Gasteiger partial charge < -0.3 is 10.6 Å². The highest BCUT2D eigenvalue weighted by Crippen LogP contribution is 2.44. The molecule has 2 aliphatic carbocycles. The third kappa shape index (κ3) is 3.52. The molecule has 2 aliphatic rings. The summed E-state index contributed by atoms with van der Waals surface area (Å²) in [5, 5.41) is 7.12. The molecule has 0 aromatic carbocycles. The van der Waals surface area contributed by atoms with Crippen LogP contribution in [0.15, 0.2) is 12.3 Å². The van der Waals surface area contributed by atoms with Crippen molar-refractivity contribution >= 4 is 33.3 Å². The van der Waals surface area contributed by atoms with Crippen LogP contribution in [-0.2, 0) is 0 Å². The quantitative estimate of drug-likeness (QED) is 0.599. The first-order chi connectivity index (χ1) is 13.9. The zero-order chi connectivity index (χ0) is 20.2. The van der Waals surface area contributed by atoms with Gasteiger partial charge in [0.15, 0.2) is 0 Å². The molecule has 0 aliphatic heterocycles. The van der Waals surface area contributed by atoms with E-state index in [0.29, 0.717) is 24.2 Å². The Morgan fingerprint density at radius 3 is 2.69 bits per heavy atom. The lowest BCUT2D eigenvalue weighted by Crippen LogP contribution is -2.39. The maximum atomic E-state index is 13.0. The molecule has 152 valence electrons. The van der Waals surface area contributed by atoms with E-state index in [2.05, 4.69) is 25.6 Å². The molecule has 29 heavy (non-hydrogen) atoms. The molecule has 2 fully saturated rings. The van der Waals surface area contributed by atoms with Gasteiger partial charge in [0.1, 0.15) is 16.3 Å². The number of nitrogens with one attached hydrogen (secondary N) is 2. The Balaban J connectivity index is 1.44. The summed E-state index contributed by atoms with van der Waals surface area (Å²) < 4.78 is 27.2. The molecule has 9 heteroatoms. The molecule has 0 saturated heterocycles. The molecule has 3 heterocycles. The van der Waals surface area contributed by atoms with E-state index in [1.54, 1.807) is 11.3 Å². The topological polar surface area (TPSA) is 75.6 Å². The van der Waals surface area contributed by atoms with Gasteiger partial charge in [-0.2, -0.15) is 4.98 Å². The Bertz CT molecular complexity index is 1070. The number of hydrogen-bond donors (Lipinski definition) is 2. The van der Waals surface area contributed by atoms with Gasteiger partial charge in [0.25, 0.3) is 0 Å². The highest BCUT2D eigenvalue weighted by atomic mass is 32.1. The monoisotopic (exact) mass is 416 g/mol. The molecule has 5 rings (SSSR count). The van der Waals surface area contributed by atoms with Crippen molar-refractivity contribution in [3.63, 3.8) is 0 Å². The number of alkyl halides is 2. The molecule has 0 atom stereocenters. The van der Waals surface area contributed by atoms with Crippen LogP contribution in [0.4, 0.5) is 20.5 Å². The molecule has 2 saturated carbocycles. The number of thiazole rings is 1. The minimum absolute atomic E-state index is 0.0378. The second kappa shape index (κ2) is 6.83. The van der Waals surface area contributed by atoms with Crippen molar-refractivity contribution in [1.29, 1.82) is 0 Å². The van der Waals surface area contributed by atoms with Crippen LogP contribution in [0.2, 0.25) is 0 Å².